The van der Waals surface area contributed by atoms with Crippen LogP contribution in [0.25, 0.3) is 0 Å². The molecule has 0 aliphatic carbocycles. The van der Waals surface area contributed by atoms with E-state index in [0.717, 1.165) is 25.1 Å². The molecule has 0 fully saturated rings. The van der Waals surface area contributed by atoms with Crippen LogP contribution in [0.4, 0.5) is 5.69 Å². The second kappa shape index (κ2) is 3.03. The van der Waals surface area contributed by atoms with E-state index in [9.17, 15) is 4.79 Å². The Bertz CT molecular complexity index is 345. The number of thiophene rings is 1. The van der Waals surface area contributed by atoms with Gasteiger partial charge in [-0.05, 0) is 18.9 Å². The lowest BCUT2D eigenvalue weighted by Gasteiger charge is -2.23. The van der Waals surface area contributed by atoms with Gasteiger partial charge in [0.05, 0.1) is 5.69 Å². The molecule has 1 aliphatic heterocycles. The molecule has 0 radical (unpaired) electrons. The van der Waals surface area contributed by atoms with Crippen LogP contribution < -0.4 is 4.90 Å². The predicted molar refractivity (Wildman–Crippen MR) is 52.9 cm³/mol. The van der Waals surface area contributed by atoms with E-state index in [-0.39, 0.29) is 0 Å². The van der Waals surface area contributed by atoms with Crippen molar-refractivity contribution in [3.05, 3.63) is 15.8 Å². The van der Waals surface area contributed by atoms with E-state index < -0.39 is 5.97 Å². The first-order valence-corrected chi connectivity index (χ1v) is 5.07. The molecule has 3 nitrogen and oxygen atoms in total. The summed E-state index contributed by atoms with van der Waals surface area (Å²) in [5, 5.41) is 8.81. The molecule has 0 saturated heterocycles. The maximum atomic E-state index is 10.7. The van der Waals surface area contributed by atoms with Gasteiger partial charge in [-0.25, -0.2) is 4.79 Å². The molecule has 4 heteroatoms. The summed E-state index contributed by atoms with van der Waals surface area (Å²) in [5.74, 6) is -0.812. The number of anilines is 1. The highest BCUT2D eigenvalue weighted by molar-refractivity contribution is 7.14. The third-order valence-corrected chi connectivity index (χ3v) is 3.48. The zero-order chi connectivity index (χ0) is 9.42. The van der Waals surface area contributed by atoms with Crippen molar-refractivity contribution in [1.29, 1.82) is 0 Å². The lowest BCUT2D eigenvalue weighted by molar-refractivity contribution is 0.0702. The molecular weight excluding hydrogens is 186 g/mol. The third-order valence-electron chi connectivity index (χ3n) is 2.31. The third kappa shape index (κ3) is 1.42. The van der Waals surface area contributed by atoms with Crippen molar-refractivity contribution in [3.8, 4) is 0 Å². The molecule has 0 atom stereocenters. The molecule has 1 N–H and O–H groups in total. The van der Waals surface area contributed by atoms with Crippen LogP contribution in [0.1, 0.15) is 21.0 Å². The molecule has 0 saturated carbocycles. The lowest BCUT2D eigenvalue weighted by Crippen LogP contribution is -2.23. The number of carboxylic acids is 1. The highest BCUT2D eigenvalue weighted by Gasteiger charge is 2.19. The molecule has 1 aromatic rings. The minimum atomic E-state index is -0.812. The fourth-order valence-corrected chi connectivity index (χ4v) is 2.71. The van der Waals surface area contributed by atoms with E-state index in [1.807, 2.05) is 7.05 Å². The first-order chi connectivity index (χ1) is 6.18. The molecule has 0 unspecified atom stereocenters. The van der Waals surface area contributed by atoms with E-state index in [1.165, 1.54) is 16.2 Å². The van der Waals surface area contributed by atoms with Crippen LogP contribution in [-0.2, 0) is 6.42 Å². The highest BCUT2D eigenvalue weighted by atomic mass is 32.1. The first kappa shape index (κ1) is 8.56. The molecule has 13 heavy (non-hydrogen) atoms. The van der Waals surface area contributed by atoms with Crippen LogP contribution in [0.3, 0.4) is 0 Å². The van der Waals surface area contributed by atoms with Crippen LogP contribution in [0.5, 0.6) is 0 Å². The summed E-state index contributed by atoms with van der Waals surface area (Å²) in [6.07, 6.45) is 2.15. The van der Waals surface area contributed by atoms with Gasteiger partial charge in [0.1, 0.15) is 4.88 Å². The SMILES string of the molecule is CN1CCCc2sc(C(=O)O)cc21. The Labute approximate surface area is 80.6 Å². The summed E-state index contributed by atoms with van der Waals surface area (Å²) in [4.78, 5) is 14.5. The molecule has 2 rings (SSSR count). The summed E-state index contributed by atoms with van der Waals surface area (Å²) in [5.41, 5.74) is 1.11. The summed E-state index contributed by atoms with van der Waals surface area (Å²) in [6, 6.07) is 1.78. The van der Waals surface area contributed by atoms with Crippen LogP contribution in [0, 0.1) is 0 Å². The van der Waals surface area contributed by atoms with Gasteiger partial charge >= 0.3 is 5.97 Å². The minimum Gasteiger partial charge on any atom is -0.477 e. The highest BCUT2D eigenvalue weighted by Crippen LogP contribution is 2.33. The lowest BCUT2D eigenvalue weighted by atomic mass is 10.1. The number of carbonyl (C=O) groups is 1. The normalized spacial score (nSPS) is 15.6. The Balaban J connectivity index is 2.42. The molecule has 0 bridgehead atoms. The average molecular weight is 197 g/mol. The number of fused-ring (bicyclic) bond motifs is 1. The van der Waals surface area contributed by atoms with E-state index in [4.69, 9.17) is 5.11 Å². The van der Waals surface area contributed by atoms with Gasteiger partial charge in [0.25, 0.3) is 0 Å². The van der Waals surface area contributed by atoms with E-state index in [0.29, 0.717) is 4.88 Å². The van der Waals surface area contributed by atoms with E-state index >= 15 is 0 Å². The summed E-state index contributed by atoms with van der Waals surface area (Å²) in [7, 11) is 2.01. The van der Waals surface area contributed by atoms with Gasteiger partial charge < -0.3 is 10.0 Å². The van der Waals surface area contributed by atoms with Gasteiger partial charge in [-0.15, -0.1) is 11.3 Å². The largest absolute Gasteiger partial charge is 0.477 e. The summed E-state index contributed by atoms with van der Waals surface area (Å²) >= 11 is 1.41. The van der Waals surface area contributed by atoms with Crippen molar-refractivity contribution in [1.82, 2.24) is 0 Å². The van der Waals surface area contributed by atoms with Crippen molar-refractivity contribution in [2.45, 2.75) is 12.8 Å². The van der Waals surface area contributed by atoms with Gasteiger partial charge in [0.15, 0.2) is 0 Å². The Hall–Kier alpha value is -1.03. The van der Waals surface area contributed by atoms with Gasteiger partial charge in [-0.3, -0.25) is 0 Å². The molecule has 0 spiro atoms. The number of hydrogen-bond donors (Lipinski definition) is 1. The minimum absolute atomic E-state index is 0.457. The second-order valence-electron chi connectivity index (χ2n) is 3.25. The van der Waals surface area contributed by atoms with Gasteiger partial charge in [-0.2, -0.15) is 0 Å². The number of hydrogen-bond acceptors (Lipinski definition) is 3. The van der Waals surface area contributed by atoms with Crippen molar-refractivity contribution in [3.63, 3.8) is 0 Å². The fraction of sp³-hybridized carbons (Fsp3) is 0.444. The monoisotopic (exact) mass is 197 g/mol. The van der Waals surface area contributed by atoms with Gasteiger partial charge in [-0.1, -0.05) is 0 Å². The van der Waals surface area contributed by atoms with Crippen molar-refractivity contribution >= 4 is 23.0 Å². The van der Waals surface area contributed by atoms with Gasteiger partial charge in [0, 0.05) is 18.5 Å². The summed E-state index contributed by atoms with van der Waals surface area (Å²) < 4.78 is 0. The van der Waals surface area contributed by atoms with Crippen molar-refractivity contribution < 1.29 is 9.90 Å². The quantitative estimate of drug-likeness (QED) is 0.746. The van der Waals surface area contributed by atoms with Crippen LogP contribution in [0.2, 0.25) is 0 Å². The van der Waals surface area contributed by atoms with Crippen LogP contribution >= 0.6 is 11.3 Å². The second-order valence-corrected chi connectivity index (χ2v) is 4.39. The number of aromatic carboxylic acids is 1. The number of carboxylic acid groups (broad SMARTS) is 1. The molecule has 1 aliphatic rings. The number of rotatable bonds is 1. The molecule has 0 aromatic carbocycles. The maximum absolute atomic E-state index is 10.7. The van der Waals surface area contributed by atoms with Gasteiger partial charge in [0.2, 0.25) is 0 Å². The van der Waals surface area contributed by atoms with E-state index in [1.54, 1.807) is 6.07 Å². The molecular formula is C9H11NO2S. The molecule has 70 valence electrons. The zero-order valence-corrected chi connectivity index (χ0v) is 8.23. The first-order valence-electron chi connectivity index (χ1n) is 4.25. The molecule has 2 heterocycles. The Morgan fingerprint density at radius 3 is 3.08 bits per heavy atom. The average Bonchev–Trinajstić information content (AvgIpc) is 2.49. The maximum Gasteiger partial charge on any atom is 0.345 e. The standard InChI is InChI=1S/C9H11NO2S/c1-10-4-2-3-7-6(10)5-8(13-7)9(11)12/h5H,2-4H2,1H3,(H,11,12). The van der Waals surface area contributed by atoms with Crippen LogP contribution in [-0.4, -0.2) is 24.7 Å². The Kier molecular flexibility index (Phi) is 2.00. The Morgan fingerprint density at radius 1 is 1.69 bits per heavy atom. The summed E-state index contributed by atoms with van der Waals surface area (Å²) in [6.45, 7) is 1.03. The Morgan fingerprint density at radius 2 is 2.46 bits per heavy atom. The number of aryl methyl sites for hydroxylation is 1. The molecule has 0 amide bonds. The fourth-order valence-electron chi connectivity index (χ4n) is 1.62. The topological polar surface area (TPSA) is 40.5 Å². The smallest absolute Gasteiger partial charge is 0.345 e. The van der Waals surface area contributed by atoms with Crippen molar-refractivity contribution in [2.24, 2.45) is 0 Å². The zero-order valence-electron chi connectivity index (χ0n) is 7.41. The number of nitrogens with zero attached hydrogens (tertiary/aromatic N) is 1. The predicted octanol–water partition coefficient (Wildman–Crippen LogP) is 1.83. The van der Waals surface area contributed by atoms with E-state index in [2.05, 4.69) is 4.90 Å². The van der Waals surface area contributed by atoms with Crippen molar-refractivity contribution in [2.75, 3.05) is 18.5 Å². The molecule has 1 aromatic heterocycles. The van der Waals surface area contributed by atoms with Crippen LogP contribution in [0.15, 0.2) is 6.07 Å².